The van der Waals surface area contributed by atoms with Crippen molar-refractivity contribution in [3.8, 4) is 0 Å². The molecule has 0 spiro atoms. The normalized spacial score (nSPS) is 11.4. The Hall–Kier alpha value is -1.57. The molecule has 0 saturated heterocycles. The number of amides is 1. The summed E-state index contributed by atoms with van der Waals surface area (Å²) < 4.78 is 29.6. The van der Waals surface area contributed by atoms with E-state index in [4.69, 9.17) is 4.52 Å². The van der Waals surface area contributed by atoms with Gasteiger partial charge >= 0.3 is 0 Å². The maximum absolute atomic E-state index is 12.0. The van der Waals surface area contributed by atoms with Gasteiger partial charge < -0.3 is 9.42 Å². The van der Waals surface area contributed by atoms with Crippen LogP contribution in [0.5, 0.6) is 0 Å². The number of rotatable bonds is 8. The van der Waals surface area contributed by atoms with E-state index in [2.05, 4.69) is 12.1 Å². The molecule has 7 nitrogen and oxygen atoms in total. The number of hydrogen-bond acceptors (Lipinski definition) is 5. The molecular weight excluding hydrogens is 294 g/mol. The summed E-state index contributed by atoms with van der Waals surface area (Å²) in [5, 5.41) is 3.70. The summed E-state index contributed by atoms with van der Waals surface area (Å²) in [6.07, 6.45) is 3.13. The van der Waals surface area contributed by atoms with Gasteiger partial charge in [0.1, 0.15) is 5.76 Å². The third-order valence-corrected chi connectivity index (χ3v) is 4.24. The molecule has 0 aliphatic carbocycles. The average Bonchev–Trinajstić information content (AvgIpc) is 2.80. The fourth-order valence-electron chi connectivity index (χ4n) is 1.83. The van der Waals surface area contributed by atoms with Crippen LogP contribution in [-0.4, -0.2) is 50.8 Å². The van der Waals surface area contributed by atoms with Crippen LogP contribution in [0.1, 0.15) is 31.9 Å². The molecule has 1 aromatic heterocycles. The van der Waals surface area contributed by atoms with Crippen molar-refractivity contribution in [2.45, 2.75) is 33.1 Å². The number of carbonyl (C=O) groups is 1. The van der Waals surface area contributed by atoms with E-state index in [1.807, 2.05) is 0 Å². The Bertz CT molecular complexity index is 568. The fourth-order valence-corrected chi connectivity index (χ4v) is 2.68. The molecule has 0 unspecified atom stereocenters. The Morgan fingerprint density at radius 2 is 2.05 bits per heavy atom. The van der Waals surface area contributed by atoms with Crippen molar-refractivity contribution in [2.24, 2.45) is 0 Å². The van der Waals surface area contributed by atoms with Crippen molar-refractivity contribution in [1.29, 1.82) is 0 Å². The van der Waals surface area contributed by atoms with Gasteiger partial charge in [0.25, 0.3) is 0 Å². The molecule has 0 aliphatic rings. The average molecular weight is 317 g/mol. The van der Waals surface area contributed by atoms with E-state index in [9.17, 15) is 13.2 Å². The molecule has 0 saturated carbocycles. The third-order valence-electron chi connectivity index (χ3n) is 3.07. The van der Waals surface area contributed by atoms with Crippen molar-refractivity contribution >= 4 is 21.7 Å². The SMILES string of the molecule is CCCCN(C)C(=O)CCN(c1cc(C)on1)S(C)(=O)=O. The molecule has 1 aromatic rings. The molecular formula is C13H23N3O4S. The quantitative estimate of drug-likeness (QED) is 0.723. The number of sulfonamides is 1. The van der Waals surface area contributed by atoms with Crippen LogP contribution >= 0.6 is 0 Å². The Balaban J connectivity index is 2.69. The molecule has 0 radical (unpaired) electrons. The summed E-state index contributed by atoms with van der Waals surface area (Å²) in [5.41, 5.74) is 0. The number of nitrogens with zero attached hydrogens (tertiary/aromatic N) is 3. The van der Waals surface area contributed by atoms with Crippen LogP contribution in [-0.2, 0) is 14.8 Å². The van der Waals surface area contributed by atoms with Crippen molar-refractivity contribution < 1.29 is 17.7 Å². The first-order valence-corrected chi connectivity index (χ1v) is 8.75. The second-order valence-corrected chi connectivity index (χ2v) is 6.96. The van der Waals surface area contributed by atoms with Crippen LogP contribution in [0.15, 0.2) is 10.6 Å². The van der Waals surface area contributed by atoms with Crippen molar-refractivity contribution in [3.05, 3.63) is 11.8 Å². The number of anilines is 1. The summed E-state index contributed by atoms with van der Waals surface area (Å²) in [4.78, 5) is 13.6. The molecule has 0 aromatic carbocycles. The zero-order chi connectivity index (χ0) is 16.0. The first-order chi connectivity index (χ1) is 9.75. The maximum Gasteiger partial charge on any atom is 0.233 e. The van der Waals surface area contributed by atoms with Crippen LogP contribution in [0.4, 0.5) is 5.82 Å². The zero-order valence-electron chi connectivity index (χ0n) is 13.0. The molecule has 120 valence electrons. The van der Waals surface area contributed by atoms with E-state index in [1.165, 1.54) is 6.07 Å². The second kappa shape index (κ2) is 7.44. The van der Waals surface area contributed by atoms with Gasteiger partial charge in [0.2, 0.25) is 15.9 Å². The van der Waals surface area contributed by atoms with E-state index in [0.29, 0.717) is 12.3 Å². The highest BCUT2D eigenvalue weighted by atomic mass is 32.2. The topological polar surface area (TPSA) is 83.7 Å². The van der Waals surface area contributed by atoms with E-state index < -0.39 is 10.0 Å². The minimum Gasteiger partial charge on any atom is -0.360 e. The highest BCUT2D eigenvalue weighted by molar-refractivity contribution is 7.92. The standard InChI is InChI=1S/C13H23N3O4S/c1-5-6-8-15(3)13(17)7-9-16(21(4,18)19)12-10-11(2)20-14-12/h10H,5-9H2,1-4H3. The molecule has 8 heteroatoms. The number of unbranched alkanes of at least 4 members (excludes halogenated alkanes) is 1. The van der Waals surface area contributed by atoms with E-state index in [-0.39, 0.29) is 24.7 Å². The van der Waals surface area contributed by atoms with Crippen LogP contribution in [0.25, 0.3) is 0 Å². The van der Waals surface area contributed by atoms with Crippen LogP contribution < -0.4 is 4.31 Å². The summed E-state index contributed by atoms with van der Waals surface area (Å²) in [7, 11) is -1.78. The predicted molar refractivity (Wildman–Crippen MR) is 80.6 cm³/mol. The van der Waals surface area contributed by atoms with Crippen LogP contribution in [0.2, 0.25) is 0 Å². The Labute approximate surface area is 125 Å². The predicted octanol–water partition coefficient (Wildman–Crippen LogP) is 1.40. The first-order valence-electron chi connectivity index (χ1n) is 6.90. The van der Waals surface area contributed by atoms with Gasteiger partial charge in [-0.2, -0.15) is 0 Å². The van der Waals surface area contributed by atoms with Gasteiger partial charge in [0.05, 0.1) is 6.26 Å². The third kappa shape index (κ3) is 5.37. The molecule has 1 heterocycles. The Kier molecular flexibility index (Phi) is 6.19. The van der Waals surface area contributed by atoms with E-state index in [0.717, 1.165) is 23.4 Å². The largest absolute Gasteiger partial charge is 0.360 e. The van der Waals surface area contributed by atoms with Crippen LogP contribution in [0.3, 0.4) is 0 Å². The van der Waals surface area contributed by atoms with Crippen molar-refractivity contribution in [3.63, 3.8) is 0 Å². The van der Waals surface area contributed by atoms with E-state index in [1.54, 1.807) is 18.9 Å². The fraction of sp³-hybridized carbons (Fsp3) is 0.692. The number of hydrogen-bond donors (Lipinski definition) is 0. The summed E-state index contributed by atoms with van der Waals surface area (Å²) >= 11 is 0. The molecule has 0 fully saturated rings. The van der Waals surface area contributed by atoms with Crippen molar-refractivity contribution in [1.82, 2.24) is 10.1 Å². The molecule has 1 amide bonds. The smallest absolute Gasteiger partial charge is 0.233 e. The van der Waals surface area contributed by atoms with Gasteiger partial charge in [-0.3, -0.25) is 9.10 Å². The molecule has 0 N–H and O–H groups in total. The molecule has 1 rings (SSSR count). The lowest BCUT2D eigenvalue weighted by molar-refractivity contribution is -0.129. The summed E-state index contributed by atoms with van der Waals surface area (Å²) in [6.45, 7) is 4.47. The van der Waals surface area contributed by atoms with Crippen LogP contribution in [0, 0.1) is 6.92 Å². The lowest BCUT2D eigenvalue weighted by Crippen LogP contribution is -2.35. The minimum absolute atomic E-state index is 0.0557. The Morgan fingerprint density at radius 1 is 1.38 bits per heavy atom. The van der Waals surface area contributed by atoms with Gasteiger partial charge in [-0.05, 0) is 13.3 Å². The number of aryl methyl sites for hydroxylation is 1. The number of carbonyl (C=O) groups excluding carboxylic acids is 1. The van der Waals surface area contributed by atoms with Gasteiger partial charge in [-0.15, -0.1) is 0 Å². The monoisotopic (exact) mass is 317 g/mol. The summed E-state index contributed by atoms with van der Waals surface area (Å²) in [5.74, 6) is 0.640. The van der Waals surface area contributed by atoms with Gasteiger partial charge in [-0.25, -0.2) is 8.42 Å². The number of aromatic nitrogens is 1. The molecule has 0 atom stereocenters. The van der Waals surface area contributed by atoms with Gasteiger partial charge in [0, 0.05) is 32.6 Å². The first kappa shape index (κ1) is 17.5. The van der Waals surface area contributed by atoms with Gasteiger partial charge in [-0.1, -0.05) is 18.5 Å². The second-order valence-electron chi connectivity index (χ2n) is 5.05. The molecule has 0 aliphatic heterocycles. The highest BCUT2D eigenvalue weighted by Gasteiger charge is 2.22. The summed E-state index contributed by atoms with van der Waals surface area (Å²) in [6, 6.07) is 1.53. The lowest BCUT2D eigenvalue weighted by atomic mass is 10.3. The Morgan fingerprint density at radius 3 is 2.52 bits per heavy atom. The zero-order valence-corrected chi connectivity index (χ0v) is 13.8. The highest BCUT2D eigenvalue weighted by Crippen LogP contribution is 2.17. The van der Waals surface area contributed by atoms with E-state index >= 15 is 0 Å². The minimum atomic E-state index is -3.50. The lowest BCUT2D eigenvalue weighted by Gasteiger charge is -2.21. The maximum atomic E-state index is 12.0. The molecule has 21 heavy (non-hydrogen) atoms. The van der Waals surface area contributed by atoms with Crippen molar-refractivity contribution in [2.75, 3.05) is 30.7 Å². The van der Waals surface area contributed by atoms with Gasteiger partial charge in [0.15, 0.2) is 5.82 Å². The molecule has 0 bridgehead atoms.